The van der Waals surface area contributed by atoms with E-state index in [4.69, 9.17) is 0 Å². The molecular weight excluding hydrogens is 320 g/mol. The van der Waals surface area contributed by atoms with E-state index < -0.39 is 0 Å². The topological polar surface area (TPSA) is 35.8 Å². The Morgan fingerprint density at radius 3 is 3.11 bits per heavy atom. The quantitative estimate of drug-likeness (QED) is 0.816. The third-order valence-corrected chi connectivity index (χ3v) is 5.52. The van der Waals surface area contributed by atoms with Crippen molar-refractivity contribution in [1.29, 1.82) is 5.26 Å². The molecule has 0 aromatic heterocycles. The number of hydrogen-bond donors (Lipinski definition) is 1. The van der Waals surface area contributed by atoms with Crippen LogP contribution in [0.3, 0.4) is 0 Å². The molecular formula is C15H19BrN2S. The second kappa shape index (κ2) is 6.78. The smallest absolute Gasteiger partial charge is 0.109 e. The van der Waals surface area contributed by atoms with Gasteiger partial charge in [0.1, 0.15) is 5.54 Å². The van der Waals surface area contributed by atoms with Gasteiger partial charge in [-0.1, -0.05) is 28.4 Å². The van der Waals surface area contributed by atoms with Crippen LogP contribution in [0.1, 0.15) is 25.7 Å². The molecule has 4 heteroatoms. The molecule has 102 valence electrons. The third kappa shape index (κ3) is 3.53. The summed E-state index contributed by atoms with van der Waals surface area (Å²) in [4.78, 5) is 1.29. The van der Waals surface area contributed by atoms with Crippen LogP contribution in [-0.4, -0.2) is 18.3 Å². The van der Waals surface area contributed by atoms with Crippen molar-refractivity contribution in [3.8, 4) is 6.07 Å². The van der Waals surface area contributed by atoms with Crippen molar-refractivity contribution in [3.05, 3.63) is 28.7 Å². The summed E-state index contributed by atoms with van der Waals surface area (Å²) in [5.74, 6) is 1.56. The van der Waals surface area contributed by atoms with Crippen molar-refractivity contribution in [3.63, 3.8) is 0 Å². The first kappa shape index (κ1) is 14.9. The van der Waals surface area contributed by atoms with E-state index in [9.17, 15) is 5.26 Å². The van der Waals surface area contributed by atoms with Crippen LogP contribution < -0.4 is 5.32 Å². The Bertz CT molecular complexity index is 471. The minimum atomic E-state index is -0.280. The normalized spacial score (nSPS) is 26.3. The van der Waals surface area contributed by atoms with Crippen molar-refractivity contribution >= 4 is 27.7 Å². The molecule has 0 aliphatic heterocycles. The number of thioether (sulfide) groups is 1. The Hall–Kier alpha value is -0.500. The molecule has 0 bridgehead atoms. The van der Waals surface area contributed by atoms with Crippen LogP contribution >= 0.6 is 27.7 Å². The van der Waals surface area contributed by atoms with Crippen molar-refractivity contribution < 1.29 is 0 Å². The van der Waals surface area contributed by atoms with Crippen molar-refractivity contribution in [2.45, 2.75) is 36.1 Å². The third-order valence-electron chi connectivity index (χ3n) is 4.00. The first-order valence-corrected chi connectivity index (χ1v) is 8.46. The Labute approximate surface area is 128 Å². The molecule has 0 spiro atoms. The van der Waals surface area contributed by atoms with E-state index in [0.717, 1.165) is 23.1 Å². The number of rotatable bonds is 5. The molecule has 1 aromatic rings. The van der Waals surface area contributed by atoms with E-state index in [2.05, 4.69) is 45.5 Å². The van der Waals surface area contributed by atoms with Crippen LogP contribution in [0.15, 0.2) is 33.6 Å². The molecule has 2 nitrogen and oxygen atoms in total. The molecule has 19 heavy (non-hydrogen) atoms. The van der Waals surface area contributed by atoms with Crippen LogP contribution in [0.5, 0.6) is 0 Å². The summed E-state index contributed by atoms with van der Waals surface area (Å²) < 4.78 is 1.12. The Morgan fingerprint density at radius 2 is 2.42 bits per heavy atom. The number of nitrogens with one attached hydrogen (secondary N) is 1. The highest BCUT2D eigenvalue weighted by molar-refractivity contribution is 9.10. The van der Waals surface area contributed by atoms with Gasteiger partial charge in [-0.3, -0.25) is 0 Å². The molecule has 0 heterocycles. The van der Waals surface area contributed by atoms with Crippen molar-refractivity contribution in [2.24, 2.45) is 5.92 Å². The average molecular weight is 339 g/mol. The van der Waals surface area contributed by atoms with Crippen LogP contribution in [-0.2, 0) is 0 Å². The molecule has 2 unspecified atom stereocenters. The van der Waals surface area contributed by atoms with Gasteiger partial charge in [-0.05, 0) is 56.2 Å². The van der Waals surface area contributed by atoms with Crippen LogP contribution in [0, 0.1) is 17.2 Å². The van der Waals surface area contributed by atoms with Crippen LogP contribution in [0.25, 0.3) is 0 Å². The SMILES string of the molecule is CNC1(C#N)CCCC1CCSc1cccc(Br)c1. The Morgan fingerprint density at radius 1 is 1.58 bits per heavy atom. The number of nitrogens with zero attached hydrogens (tertiary/aromatic N) is 1. The predicted molar refractivity (Wildman–Crippen MR) is 84.2 cm³/mol. The van der Waals surface area contributed by atoms with Crippen LogP contribution in [0.4, 0.5) is 0 Å². The molecule has 1 N–H and O–H groups in total. The summed E-state index contributed by atoms with van der Waals surface area (Å²) in [7, 11) is 1.92. The first-order valence-electron chi connectivity index (χ1n) is 6.69. The van der Waals surface area contributed by atoms with Gasteiger partial charge in [-0.2, -0.15) is 5.26 Å². The number of hydrogen-bond acceptors (Lipinski definition) is 3. The minimum Gasteiger partial charge on any atom is -0.302 e. The lowest BCUT2D eigenvalue weighted by Gasteiger charge is -2.28. The molecule has 0 saturated heterocycles. The monoisotopic (exact) mass is 338 g/mol. The molecule has 1 aromatic carbocycles. The largest absolute Gasteiger partial charge is 0.302 e. The summed E-state index contributed by atoms with van der Waals surface area (Å²) in [5, 5.41) is 12.7. The second-order valence-electron chi connectivity index (χ2n) is 5.02. The van der Waals surface area contributed by atoms with Crippen LogP contribution in [0.2, 0.25) is 0 Å². The lowest BCUT2D eigenvalue weighted by molar-refractivity contribution is 0.332. The van der Waals surface area contributed by atoms with E-state index in [1.165, 1.54) is 17.7 Å². The van der Waals surface area contributed by atoms with Gasteiger partial charge in [-0.15, -0.1) is 11.8 Å². The van der Waals surface area contributed by atoms with Gasteiger partial charge in [0.15, 0.2) is 0 Å². The fourth-order valence-corrected chi connectivity index (χ4v) is 4.45. The maximum Gasteiger partial charge on any atom is 0.109 e. The zero-order chi connectivity index (χ0) is 13.7. The molecule has 1 aliphatic carbocycles. The molecule has 1 saturated carbocycles. The van der Waals surface area contributed by atoms with Crippen molar-refractivity contribution in [2.75, 3.05) is 12.8 Å². The summed E-state index contributed by atoms with van der Waals surface area (Å²) >= 11 is 5.37. The first-order chi connectivity index (χ1) is 9.20. The van der Waals surface area contributed by atoms with Gasteiger partial charge in [0.2, 0.25) is 0 Å². The molecule has 2 atom stereocenters. The average Bonchev–Trinajstić information content (AvgIpc) is 2.82. The van der Waals surface area contributed by atoms with E-state index in [1.54, 1.807) is 0 Å². The summed E-state index contributed by atoms with van der Waals surface area (Å²) in [6, 6.07) is 10.9. The predicted octanol–water partition coefficient (Wildman–Crippen LogP) is 4.21. The standard InChI is InChI=1S/C15H19BrN2S/c1-18-15(11-17)8-3-4-12(15)7-9-19-14-6-2-5-13(16)10-14/h2,5-6,10,12,18H,3-4,7-9H2,1H3. The Kier molecular flexibility index (Phi) is 5.32. The van der Waals surface area contributed by atoms with E-state index in [1.807, 2.05) is 24.9 Å². The molecule has 1 aliphatic rings. The summed E-state index contributed by atoms with van der Waals surface area (Å²) in [6.07, 6.45) is 4.44. The molecule has 2 rings (SSSR count). The lowest BCUT2D eigenvalue weighted by Crippen LogP contribution is -2.44. The summed E-state index contributed by atoms with van der Waals surface area (Å²) in [6.45, 7) is 0. The number of halogens is 1. The molecule has 1 fully saturated rings. The second-order valence-corrected chi connectivity index (χ2v) is 7.10. The van der Waals surface area contributed by atoms with Gasteiger partial charge < -0.3 is 5.32 Å². The lowest BCUT2D eigenvalue weighted by atomic mass is 9.87. The van der Waals surface area contributed by atoms with Gasteiger partial charge in [0.05, 0.1) is 6.07 Å². The number of benzene rings is 1. The van der Waals surface area contributed by atoms with Gasteiger partial charge in [0, 0.05) is 9.37 Å². The zero-order valence-corrected chi connectivity index (χ0v) is 13.6. The van der Waals surface area contributed by atoms with E-state index >= 15 is 0 Å². The number of nitriles is 1. The highest BCUT2D eigenvalue weighted by Crippen LogP contribution is 2.38. The highest BCUT2D eigenvalue weighted by Gasteiger charge is 2.41. The van der Waals surface area contributed by atoms with Gasteiger partial charge in [-0.25, -0.2) is 0 Å². The van der Waals surface area contributed by atoms with E-state index in [0.29, 0.717) is 5.92 Å². The van der Waals surface area contributed by atoms with Gasteiger partial charge in [0.25, 0.3) is 0 Å². The van der Waals surface area contributed by atoms with Crippen molar-refractivity contribution in [1.82, 2.24) is 5.32 Å². The van der Waals surface area contributed by atoms with Gasteiger partial charge >= 0.3 is 0 Å². The van der Waals surface area contributed by atoms with E-state index in [-0.39, 0.29) is 5.54 Å². The summed E-state index contributed by atoms with van der Waals surface area (Å²) in [5.41, 5.74) is -0.280. The Balaban J connectivity index is 1.87. The fraction of sp³-hybridized carbons (Fsp3) is 0.533. The fourth-order valence-electron chi connectivity index (χ4n) is 2.88. The zero-order valence-electron chi connectivity index (χ0n) is 11.2. The maximum absolute atomic E-state index is 9.41. The highest BCUT2D eigenvalue weighted by atomic mass is 79.9. The minimum absolute atomic E-state index is 0.280. The molecule has 0 radical (unpaired) electrons. The molecule has 0 amide bonds. The maximum atomic E-state index is 9.41.